The van der Waals surface area contributed by atoms with Gasteiger partial charge in [0, 0.05) is 6.04 Å². The van der Waals surface area contributed by atoms with Gasteiger partial charge in [0.25, 0.3) is 0 Å². The summed E-state index contributed by atoms with van der Waals surface area (Å²) in [6.07, 6.45) is 1.10. The normalized spacial score (nSPS) is 11.4. The lowest BCUT2D eigenvalue weighted by Gasteiger charge is -2.16. The Kier molecular flexibility index (Phi) is 6.15. The highest BCUT2D eigenvalue weighted by atomic mass is 16.5. The fourth-order valence-corrected chi connectivity index (χ4v) is 1.63. The molecule has 1 aromatic carbocycles. The number of carboxylic acids is 1. The van der Waals surface area contributed by atoms with Crippen molar-refractivity contribution < 1.29 is 19.4 Å². The molecule has 5 heteroatoms. The van der Waals surface area contributed by atoms with Gasteiger partial charge in [0.2, 0.25) is 0 Å². The minimum Gasteiger partial charge on any atom is -0.481 e. The number of hydrogen-bond acceptors (Lipinski definition) is 3. The number of aliphatic carboxylic acids is 1. The van der Waals surface area contributed by atoms with Crippen molar-refractivity contribution in [3.05, 3.63) is 48.6 Å². The molecule has 0 spiro atoms. The van der Waals surface area contributed by atoms with E-state index in [4.69, 9.17) is 9.84 Å². The molecular weight excluding hydrogens is 246 g/mol. The second-order valence-electron chi connectivity index (χ2n) is 4.02. The molecule has 0 saturated carbocycles. The van der Waals surface area contributed by atoms with Crippen LogP contribution in [0, 0.1) is 0 Å². The van der Waals surface area contributed by atoms with Crippen molar-refractivity contribution in [2.24, 2.45) is 0 Å². The minimum atomic E-state index is -0.968. The smallest absolute Gasteiger partial charge is 0.407 e. The van der Waals surface area contributed by atoms with Gasteiger partial charge in [0.1, 0.15) is 6.61 Å². The molecule has 1 rings (SSSR count). The molecule has 1 unspecified atom stereocenters. The molecular formula is C14H17NO4. The van der Waals surface area contributed by atoms with Gasteiger partial charge in [-0.05, 0) is 12.0 Å². The first kappa shape index (κ1) is 14.8. The lowest BCUT2D eigenvalue weighted by Crippen LogP contribution is -2.38. The van der Waals surface area contributed by atoms with Gasteiger partial charge in [-0.2, -0.15) is 0 Å². The Bertz CT molecular complexity index is 430. The van der Waals surface area contributed by atoms with Crippen LogP contribution in [0.5, 0.6) is 0 Å². The molecule has 0 aliphatic carbocycles. The number of ether oxygens (including phenoxy) is 1. The molecule has 0 radical (unpaired) electrons. The van der Waals surface area contributed by atoms with Gasteiger partial charge < -0.3 is 15.2 Å². The van der Waals surface area contributed by atoms with Crippen molar-refractivity contribution >= 4 is 12.1 Å². The van der Waals surface area contributed by atoms with Crippen LogP contribution in [0.3, 0.4) is 0 Å². The Morgan fingerprint density at radius 1 is 1.37 bits per heavy atom. The summed E-state index contributed by atoms with van der Waals surface area (Å²) < 4.78 is 4.78. The first-order valence-corrected chi connectivity index (χ1v) is 5.91. The highest BCUT2D eigenvalue weighted by molar-refractivity contribution is 5.71. The second-order valence-corrected chi connectivity index (χ2v) is 4.02. The summed E-state index contributed by atoms with van der Waals surface area (Å²) in [5.41, 5.74) is 0.956. The van der Waals surface area contributed by atoms with Crippen molar-refractivity contribution in [1.82, 2.24) is 5.32 Å². The number of amides is 1. The highest BCUT2D eigenvalue weighted by Crippen LogP contribution is 2.06. The Morgan fingerprint density at radius 2 is 2.05 bits per heavy atom. The second kappa shape index (κ2) is 7.92. The molecule has 0 saturated heterocycles. The fourth-order valence-electron chi connectivity index (χ4n) is 1.63. The molecule has 0 aliphatic rings. The van der Waals surface area contributed by atoms with Crippen molar-refractivity contribution in [1.29, 1.82) is 0 Å². The summed E-state index contributed by atoms with van der Waals surface area (Å²) in [7, 11) is 0. The van der Waals surface area contributed by atoms with E-state index in [-0.39, 0.29) is 13.0 Å². The third-order valence-corrected chi connectivity index (χ3v) is 2.40. The maximum absolute atomic E-state index is 11.4. The first-order chi connectivity index (χ1) is 9.11. The van der Waals surface area contributed by atoms with Gasteiger partial charge in [-0.25, -0.2) is 4.79 Å². The minimum absolute atomic E-state index is 0.0942. The summed E-state index contributed by atoms with van der Waals surface area (Å²) >= 11 is 0. The van der Waals surface area contributed by atoms with E-state index in [1.165, 1.54) is 6.08 Å². The lowest BCUT2D eigenvalue weighted by atomic mass is 10.0. The molecule has 0 bridgehead atoms. The number of alkyl carbamates (subject to hydrolysis) is 1. The monoisotopic (exact) mass is 263 g/mol. The molecule has 0 aliphatic heterocycles. The molecule has 2 N–H and O–H groups in total. The molecule has 0 fully saturated rings. The maximum Gasteiger partial charge on any atom is 0.407 e. The van der Waals surface area contributed by atoms with Crippen LogP contribution in [-0.4, -0.2) is 29.8 Å². The van der Waals surface area contributed by atoms with Gasteiger partial charge in [-0.15, -0.1) is 0 Å². The summed E-state index contributed by atoms with van der Waals surface area (Å²) in [6.45, 7) is 3.52. The first-order valence-electron chi connectivity index (χ1n) is 5.91. The largest absolute Gasteiger partial charge is 0.481 e. The van der Waals surface area contributed by atoms with Crippen molar-refractivity contribution in [3.63, 3.8) is 0 Å². The van der Waals surface area contributed by atoms with Gasteiger partial charge in [0.15, 0.2) is 0 Å². The number of carboxylic acid groups (broad SMARTS) is 1. The topological polar surface area (TPSA) is 75.6 Å². The third kappa shape index (κ3) is 6.26. The number of nitrogens with one attached hydrogen (secondary N) is 1. The van der Waals surface area contributed by atoms with Crippen molar-refractivity contribution in [2.45, 2.75) is 18.9 Å². The molecule has 1 atom stereocenters. The molecule has 0 heterocycles. The van der Waals surface area contributed by atoms with E-state index in [9.17, 15) is 9.59 Å². The predicted molar refractivity (Wildman–Crippen MR) is 70.9 cm³/mol. The van der Waals surface area contributed by atoms with E-state index in [0.29, 0.717) is 6.42 Å². The Morgan fingerprint density at radius 3 is 2.63 bits per heavy atom. The van der Waals surface area contributed by atoms with Crippen LogP contribution in [0.2, 0.25) is 0 Å². The van der Waals surface area contributed by atoms with E-state index in [0.717, 1.165) is 5.56 Å². The lowest BCUT2D eigenvalue weighted by molar-refractivity contribution is -0.137. The number of hydrogen-bond donors (Lipinski definition) is 2. The number of rotatable bonds is 7. The number of benzene rings is 1. The molecule has 102 valence electrons. The summed E-state index contributed by atoms with van der Waals surface area (Å²) in [6, 6.07) is 8.86. The van der Waals surface area contributed by atoms with E-state index in [1.54, 1.807) is 0 Å². The van der Waals surface area contributed by atoms with Crippen molar-refractivity contribution in [3.8, 4) is 0 Å². The van der Waals surface area contributed by atoms with Crippen LogP contribution in [0.25, 0.3) is 0 Å². The third-order valence-electron chi connectivity index (χ3n) is 2.40. The number of carbonyl (C=O) groups excluding carboxylic acids is 1. The van der Waals surface area contributed by atoms with Crippen LogP contribution in [0.4, 0.5) is 4.79 Å². The highest BCUT2D eigenvalue weighted by Gasteiger charge is 2.17. The molecule has 5 nitrogen and oxygen atoms in total. The summed E-state index contributed by atoms with van der Waals surface area (Å²) in [5, 5.41) is 11.4. The molecule has 0 aromatic heterocycles. The molecule has 1 amide bonds. The van der Waals surface area contributed by atoms with E-state index in [2.05, 4.69) is 11.9 Å². The Hall–Kier alpha value is -2.30. The molecule has 19 heavy (non-hydrogen) atoms. The van der Waals surface area contributed by atoms with Gasteiger partial charge in [-0.3, -0.25) is 4.79 Å². The van der Waals surface area contributed by atoms with Crippen LogP contribution < -0.4 is 5.32 Å². The van der Waals surface area contributed by atoms with Crippen LogP contribution in [0.15, 0.2) is 43.0 Å². The van der Waals surface area contributed by atoms with Gasteiger partial charge in [-0.1, -0.05) is 43.0 Å². The van der Waals surface area contributed by atoms with Gasteiger partial charge in [0.05, 0.1) is 6.42 Å². The zero-order chi connectivity index (χ0) is 14.1. The summed E-state index contributed by atoms with van der Waals surface area (Å²) in [4.78, 5) is 22.2. The predicted octanol–water partition coefficient (Wildman–Crippen LogP) is 1.98. The zero-order valence-electron chi connectivity index (χ0n) is 10.5. The quantitative estimate of drug-likeness (QED) is 0.738. The average molecular weight is 263 g/mol. The fraction of sp³-hybridized carbons (Fsp3) is 0.286. The van der Waals surface area contributed by atoms with Crippen molar-refractivity contribution in [2.75, 3.05) is 6.61 Å². The van der Waals surface area contributed by atoms with E-state index in [1.807, 2.05) is 30.3 Å². The SMILES string of the molecule is C=CCOC(=O)NC(CC(=O)O)Cc1ccccc1. The van der Waals surface area contributed by atoms with Crippen LogP contribution in [-0.2, 0) is 16.0 Å². The standard InChI is InChI=1S/C14H17NO4/c1-2-8-19-14(18)15-12(10-13(16)17)9-11-6-4-3-5-7-11/h2-7,12H,1,8-10H2,(H,15,18)(H,16,17). The number of carbonyl (C=O) groups is 2. The van der Waals surface area contributed by atoms with Crippen LogP contribution >= 0.6 is 0 Å². The Labute approximate surface area is 111 Å². The average Bonchev–Trinajstić information content (AvgIpc) is 2.36. The maximum atomic E-state index is 11.4. The summed E-state index contributed by atoms with van der Waals surface area (Å²) in [5.74, 6) is -0.968. The Balaban J connectivity index is 2.58. The van der Waals surface area contributed by atoms with E-state index >= 15 is 0 Å². The van der Waals surface area contributed by atoms with Crippen LogP contribution in [0.1, 0.15) is 12.0 Å². The van der Waals surface area contributed by atoms with E-state index < -0.39 is 18.1 Å². The zero-order valence-corrected chi connectivity index (χ0v) is 10.5. The molecule has 1 aromatic rings. The van der Waals surface area contributed by atoms with Gasteiger partial charge >= 0.3 is 12.1 Å².